The van der Waals surface area contributed by atoms with E-state index in [-0.39, 0.29) is 16.6 Å². The highest BCUT2D eigenvalue weighted by molar-refractivity contribution is 7.89. The maximum atomic E-state index is 12.6. The number of aromatic nitrogens is 1. The molecule has 0 radical (unpaired) electrons. The van der Waals surface area contributed by atoms with Crippen LogP contribution in [0.3, 0.4) is 0 Å². The van der Waals surface area contributed by atoms with Crippen LogP contribution in [-0.2, 0) is 17.1 Å². The van der Waals surface area contributed by atoms with Gasteiger partial charge in [-0.25, -0.2) is 8.42 Å². The highest BCUT2D eigenvalue weighted by atomic mass is 32.2. The van der Waals surface area contributed by atoms with Gasteiger partial charge in [0.2, 0.25) is 10.0 Å². The SMILES string of the molecule is CN(C1CCNCC1)S(=O)(=O)c1cc(C(N)=O)n(C)c1. The predicted molar refractivity (Wildman–Crippen MR) is 74.8 cm³/mol. The quantitative estimate of drug-likeness (QED) is 0.783. The Balaban J connectivity index is 2.29. The molecule has 1 aliphatic heterocycles. The van der Waals surface area contributed by atoms with E-state index in [0.717, 1.165) is 25.9 Å². The van der Waals surface area contributed by atoms with Gasteiger partial charge in [-0.15, -0.1) is 0 Å². The molecule has 1 aliphatic rings. The van der Waals surface area contributed by atoms with Crippen molar-refractivity contribution in [3.8, 4) is 0 Å². The maximum absolute atomic E-state index is 12.6. The minimum absolute atomic E-state index is 0.0153. The fourth-order valence-corrected chi connectivity index (χ4v) is 3.94. The molecule has 0 aliphatic carbocycles. The van der Waals surface area contributed by atoms with E-state index in [0.29, 0.717) is 0 Å². The number of sulfonamides is 1. The van der Waals surface area contributed by atoms with Crippen molar-refractivity contribution in [3.05, 3.63) is 18.0 Å². The van der Waals surface area contributed by atoms with Crippen LogP contribution >= 0.6 is 0 Å². The van der Waals surface area contributed by atoms with Crippen LogP contribution in [0, 0.1) is 0 Å². The van der Waals surface area contributed by atoms with Gasteiger partial charge >= 0.3 is 0 Å². The number of piperidine rings is 1. The Hall–Kier alpha value is -1.38. The van der Waals surface area contributed by atoms with E-state index in [1.54, 1.807) is 14.1 Å². The monoisotopic (exact) mass is 300 g/mol. The molecule has 2 rings (SSSR count). The number of carbonyl (C=O) groups excluding carboxylic acids is 1. The molecule has 1 amide bonds. The zero-order valence-electron chi connectivity index (χ0n) is 11.7. The van der Waals surface area contributed by atoms with Crippen molar-refractivity contribution < 1.29 is 13.2 Å². The van der Waals surface area contributed by atoms with E-state index >= 15 is 0 Å². The van der Waals surface area contributed by atoms with E-state index in [2.05, 4.69) is 5.32 Å². The first-order valence-electron chi connectivity index (χ1n) is 6.49. The second-order valence-electron chi connectivity index (χ2n) is 5.04. The summed E-state index contributed by atoms with van der Waals surface area (Å²) in [5.41, 5.74) is 5.40. The van der Waals surface area contributed by atoms with Gasteiger partial charge in [0.1, 0.15) is 10.6 Å². The fraction of sp³-hybridized carbons (Fsp3) is 0.583. The normalized spacial score (nSPS) is 17.6. The molecule has 0 spiro atoms. The van der Waals surface area contributed by atoms with Crippen LogP contribution in [-0.4, -0.2) is 49.4 Å². The molecule has 0 atom stereocenters. The first-order chi connectivity index (χ1) is 9.34. The number of aryl methyl sites for hydroxylation is 1. The van der Waals surface area contributed by atoms with Gasteiger partial charge in [-0.2, -0.15) is 4.31 Å². The summed E-state index contributed by atoms with van der Waals surface area (Å²) in [4.78, 5) is 11.3. The zero-order chi connectivity index (χ0) is 14.9. The summed E-state index contributed by atoms with van der Waals surface area (Å²) >= 11 is 0. The summed E-state index contributed by atoms with van der Waals surface area (Å²) in [6, 6.07) is 1.31. The molecule has 0 aromatic carbocycles. The number of primary amides is 1. The molecule has 3 N–H and O–H groups in total. The van der Waals surface area contributed by atoms with Crippen LogP contribution in [0.2, 0.25) is 0 Å². The topological polar surface area (TPSA) is 97.4 Å². The standard InChI is InChI=1S/C12H20N4O3S/c1-15-8-10(7-11(15)12(13)17)20(18,19)16(2)9-3-5-14-6-4-9/h7-9,14H,3-6H2,1-2H3,(H2,13,17). The third-order valence-corrected chi connectivity index (χ3v) is 5.61. The van der Waals surface area contributed by atoms with Crippen molar-refractivity contribution in [1.29, 1.82) is 0 Å². The van der Waals surface area contributed by atoms with Crippen LogP contribution in [0.4, 0.5) is 0 Å². The molecule has 1 aromatic heterocycles. The minimum Gasteiger partial charge on any atom is -0.364 e. The van der Waals surface area contributed by atoms with E-state index in [4.69, 9.17) is 5.73 Å². The lowest BCUT2D eigenvalue weighted by atomic mass is 10.1. The third-order valence-electron chi connectivity index (χ3n) is 3.73. The van der Waals surface area contributed by atoms with Crippen molar-refractivity contribution in [3.63, 3.8) is 0 Å². The van der Waals surface area contributed by atoms with Gasteiger partial charge in [-0.3, -0.25) is 4.79 Å². The molecule has 8 heteroatoms. The summed E-state index contributed by atoms with van der Waals surface area (Å²) < 4.78 is 28.0. The molecule has 2 heterocycles. The number of nitrogens with two attached hydrogens (primary N) is 1. The highest BCUT2D eigenvalue weighted by Gasteiger charge is 2.30. The molecule has 7 nitrogen and oxygen atoms in total. The fourth-order valence-electron chi connectivity index (χ4n) is 2.45. The number of hydrogen-bond donors (Lipinski definition) is 2. The summed E-state index contributed by atoms with van der Waals surface area (Å²) in [6.07, 6.45) is 2.99. The second kappa shape index (κ2) is 5.55. The Morgan fingerprint density at radius 1 is 1.45 bits per heavy atom. The molecule has 0 saturated carbocycles. The number of hydrogen-bond acceptors (Lipinski definition) is 4. The van der Waals surface area contributed by atoms with Gasteiger partial charge in [-0.05, 0) is 32.0 Å². The van der Waals surface area contributed by atoms with Gasteiger partial charge < -0.3 is 15.6 Å². The first kappa shape index (κ1) is 15.0. The lowest BCUT2D eigenvalue weighted by molar-refractivity contribution is 0.0992. The van der Waals surface area contributed by atoms with Gasteiger partial charge in [0.15, 0.2) is 0 Å². The first-order valence-corrected chi connectivity index (χ1v) is 7.93. The van der Waals surface area contributed by atoms with Crippen LogP contribution in [0.5, 0.6) is 0 Å². The Morgan fingerprint density at radius 2 is 2.05 bits per heavy atom. The molecule has 20 heavy (non-hydrogen) atoms. The van der Waals surface area contributed by atoms with Crippen molar-refractivity contribution >= 4 is 15.9 Å². The summed E-state index contributed by atoms with van der Waals surface area (Å²) in [7, 11) is -0.410. The van der Waals surface area contributed by atoms with E-state index in [1.807, 2.05) is 0 Å². The van der Waals surface area contributed by atoms with Gasteiger partial charge in [0.05, 0.1) is 0 Å². The van der Waals surface area contributed by atoms with Gasteiger partial charge in [0.25, 0.3) is 5.91 Å². The lowest BCUT2D eigenvalue weighted by Gasteiger charge is -2.30. The molecule has 1 saturated heterocycles. The predicted octanol–water partition coefficient (Wildman–Crippen LogP) is -0.503. The van der Waals surface area contributed by atoms with Crippen LogP contribution in [0.1, 0.15) is 23.3 Å². The van der Waals surface area contributed by atoms with Gasteiger partial charge in [-0.1, -0.05) is 0 Å². The zero-order valence-corrected chi connectivity index (χ0v) is 12.5. The lowest BCUT2D eigenvalue weighted by Crippen LogP contribution is -2.43. The summed E-state index contributed by atoms with van der Waals surface area (Å²) in [6.45, 7) is 1.62. The van der Waals surface area contributed by atoms with Crippen LogP contribution < -0.4 is 11.1 Å². The number of amides is 1. The minimum atomic E-state index is -3.60. The average Bonchev–Trinajstić information content (AvgIpc) is 2.82. The smallest absolute Gasteiger partial charge is 0.265 e. The van der Waals surface area contributed by atoms with Gasteiger partial charge in [0, 0.05) is 26.3 Å². The summed E-state index contributed by atoms with van der Waals surface area (Å²) in [5.74, 6) is -0.640. The molecular weight excluding hydrogens is 280 g/mol. The number of nitrogens with one attached hydrogen (secondary N) is 1. The van der Waals surface area contributed by atoms with Crippen LogP contribution in [0.25, 0.3) is 0 Å². The maximum Gasteiger partial charge on any atom is 0.265 e. The Bertz CT molecular complexity index is 602. The second-order valence-corrected chi connectivity index (χ2v) is 7.04. The van der Waals surface area contributed by atoms with Crippen molar-refractivity contribution in [2.75, 3.05) is 20.1 Å². The molecule has 112 valence electrons. The number of carbonyl (C=O) groups is 1. The number of nitrogens with zero attached hydrogens (tertiary/aromatic N) is 2. The average molecular weight is 300 g/mol. The van der Waals surface area contributed by atoms with E-state index in [1.165, 1.54) is 21.1 Å². The third kappa shape index (κ3) is 2.72. The molecule has 1 aromatic rings. The highest BCUT2D eigenvalue weighted by Crippen LogP contribution is 2.22. The Labute approximate surface area is 118 Å². The van der Waals surface area contributed by atoms with Crippen molar-refractivity contribution in [1.82, 2.24) is 14.2 Å². The number of rotatable bonds is 4. The van der Waals surface area contributed by atoms with Crippen molar-refractivity contribution in [2.24, 2.45) is 12.8 Å². The van der Waals surface area contributed by atoms with E-state index in [9.17, 15) is 13.2 Å². The van der Waals surface area contributed by atoms with Crippen molar-refractivity contribution in [2.45, 2.75) is 23.8 Å². The van der Waals surface area contributed by atoms with E-state index < -0.39 is 15.9 Å². The Morgan fingerprint density at radius 3 is 2.55 bits per heavy atom. The molecular formula is C12H20N4O3S. The Kier molecular flexibility index (Phi) is 4.17. The molecule has 0 unspecified atom stereocenters. The largest absolute Gasteiger partial charge is 0.364 e. The summed E-state index contributed by atoms with van der Waals surface area (Å²) in [5, 5.41) is 3.20. The molecule has 1 fully saturated rings. The van der Waals surface area contributed by atoms with Crippen LogP contribution in [0.15, 0.2) is 17.2 Å². The molecule has 0 bridgehead atoms.